The molecule has 1 aromatic rings. The second kappa shape index (κ2) is 6.70. The van der Waals surface area contributed by atoms with Crippen LogP contribution >= 0.6 is 11.6 Å². The van der Waals surface area contributed by atoms with Gasteiger partial charge in [0.15, 0.2) is 0 Å². The zero-order valence-electron chi connectivity index (χ0n) is 10.7. The number of benzene rings is 1. The zero-order valence-corrected chi connectivity index (χ0v) is 12.3. The molecule has 1 heterocycles. The molecule has 0 N–H and O–H groups in total. The first-order chi connectivity index (χ1) is 9.12. The van der Waals surface area contributed by atoms with Crippen LogP contribution in [0.5, 0.6) is 0 Å². The van der Waals surface area contributed by atoms with Crippen molar-refractivity contribution >= 4 is 21.6 Å². The van der Waals surface area contributed by atoms with Crippen molar-refractivity contribution in [3.05, 3.63) is 35.4 Å². The Kier molecular flexibility index (Phi) is 5.21. The number of hydrogen-bond donors (Lipinski definition) is 0. The smallest absolute Gasteiger partial charge is 0.218 e. The molecule has 0 amide bonds. The summed E-state index contributed by atoms with van der Waals surface area (Å²) in [5.41, 5.74) is 1.78. The Labute approximate surface area is 119 Å². The molecule has 4 nitrogen and oxygen atoms in total. The number of sulfonamides is 1. The van der Waals surface area contributed by atoms with Gasteiger partial charge in [0.1, 0.15) is 0 Å². The van der Waals surface area contributed by atoms with Crippen molar-refractivity contribution in [2.24, 2.45) is 0 Å². The maximum Gasteiger partial charge on any atom is 0.218 e. The van der Waals surface area contributed by atoms with Crippen molar-refractivity contribution in [1.82, 2.24) is 4.31 Å². The molecule has 1 saturated heterocycles. The fourth-order valence-electron chi connectivity index (χ4n) is 2.03. The highest BCUT2D eigenvalue weighted by molar-refractivity contribution is 7.88. The van der Waals surface area contributed by atoms with Gasteiger partial charge in [0.25, 0.3) is 0 Å². The summed E-state index contributed by atoms with van der Waals surface area (Å²) >= 11 is 5.71. The molecule has 1 aliphatic rings. The van der Waals surface area contributed by atoms with E-state index in [0.29, 0.717) is 32.2 Å². The van der Waals surface area contributed by atoms with Gasteiger partial charge in [-0.2, -0.15) is 4.31 Å². The van der Waals surface area contributed by atoms with Gasteiger partial charge in [-0.1, -0.05) is 24.3 Å². The molecule has 106 valence electrons. The molecule has 19 heavy (non-hydrogen) atoms. The summed E-state index contributed by atoms with van der Waals surface area (Å²) in [6.45, 7) is 2.10. The Hall–Kier alpha value is -0.620. The average Bonchev–Trinajstić information content (AvgIpc) is 2.68. The molecule has 0 spiro atoms. The van der Waals surface area contributed by atoms with Crippen LogP contribution in [0.1, 0.15) is 17.5 Å². The van der Waals surface area contributed by atoms with Crippen LogP contribution in [0, 0.1) is 0 Å². The van der Waals surface area contributed by atoms with Crippen LogP contribution in [0.25, 0.3) is 0 Å². The highest BCUT2D eigenvalue weighted by atomic mass is 35.5. The summed E-state index contributed by atoms with van der Waals surface area (Å²) in [6.07, 6.45) is 0.754. The number of alkyl halides is 1. The Morgan fingerprint density at radius 3 is 2.47 bits per heavy atom. The molecule has 1 aromatic carbocycles. The molecule has 0 radical (unpaired) electrons. The number of nitrogens with zero attached hydrogens (tertiary/aromatic N) is 1. The lowest BCUT2D eigenvalue weighted by molar-refractivity contribution is 0.148. The average molecular weight is 304 g/mol. The second-order valence-corrected chi connectivity index (χ2v) is 6.81. The van der Waals surface area contributed by atoms with E-state index in [1.165, 1.54) is 4.31 Å². The minimum absolute atomic E-state index is 0.0373. The molecule has 0 bridgehead atoms. The highest BCUT2D eigenvalue weighted by Crippen LogP contribution is 2.14. The third kappa shape index (κ3) is 4.18. The van der Waals surface area contributed by atoms with E-state index in [-0.39, 0.29) is 5.75 Å². The normalized spacial score (nSPS) is 18.2. The van der Waals surface area contributed by atoms with Gasteiger partial charge in [0.2, 0.25) is 10.0 Å². The lowest BCUT2D eigenvalue weighted by Gasteiger charge is -2.19. The summed E-state index contributed by atoms with van der Waals surface area (Å²) in [5, 5.41) is 0. The van der Waals surface area contributed by atoms with Crippen LogP contribution in [-0.4, -0.2) is 39.0 Å². The van der Waals surface area contributed by atoms with E-state index in [0.717, 1.165) is 17.5 Å². The van der Waals surface area contributed by atoms with Crippen LogP contribution in [0.4, 0.5) is 0 Å². The minimum Gasteiger partial charge on any atom is -0.380 e. The maximum atomic E-state index is 12.3. The van der Waals surface area contributed by atoms with E-state index in [4.69, 9.17) is 16.3 Å². The van der Waals surface area contributed by atoms with Crippen LogP contribution in [0.15, 0.2) is 24.3 Å². The van der Waals surface area contributed by atoms with E-state index < -0.39 is 10.0 Å². The van der Waals surface area contributed by atoms with Crippen molar-refractivity contribution < 1.29 is 13.2 Å². The van der Waals surface area contributed by atoms with Gasteiger partial charge >= 0.3 is 0 Å². The summed E-state index contributed by atoms with van der Waals surface area (Å²) in [6, 6.07) is 7.37. The minimum atomic E-state index is -3.26. The van der Waals surface area contributed by atoms with Gasteiger partial charge in [0, 0.05) is 25.6 Å². The van der Waals surface area contributed by atoms with Crippen molar-refractivity contribution in [3.8, 4) is 0 Å². The van der Waals surface area contributed by atoms with Gasteiger partial charge < -0.3 is 4.74 Å². The van der Waals surface area contributed by atoms with E-state index >= 15 is 0 Å². The lowest BCUT2D eigenvalue weighted by atomic mass is 10.2. The molecule has 0 atom stereocenters. The van der Waals surface area contributed by atoms with E-state index in [1.807, 2.05) is 24.3 Å². The molecular weight excluding hydrogens is 286 g/mol. The molecular formula is C13H18ClNO3S. The molecule has 0 unspecified atom stereocenters. The standard InChI is InChI=1S/C13H18ClNO3S/c14-10-12-2-4-13(5-3-12)11-19(16,17)15-6-1-8-18-9-7-15/h2-5H,1,6-11H2. The van der Waals surface area contributed by atoms with E-state index in [1.54, 1.807) is 0 Å². The van der Waals surface area contributed by atoms with Crippen molar-refractivity contribution in [2.45, 2.75) is 18.1 Å². The highest BCUT2D eigenvalue weighted by Gasteiger charge is 2.23. The predicted molar refractivity (Wildman–Crippen MR) is 75.6 cm³/mol. The first kappa shape index (κ1) is 14.8. The van der Waals surface area contributed by atoms with Crippen LogP contribution in [-0.2, 0) is 26.4 Å². The van der Waals surface area contributed by atoms with E-state index in [2.05, 4.69) is 0 Å². The molecule has 2 rings (SSSR count). The third-order valence-electron chi connectivity index (χ3n) is 3.10. The third-order valence-corrected chi connectivity index (χ3v) is 5.26. The van der Waals surface area contributed by atoms with Crippen LogP contribution < -0.4 is 0 Å². The number of ether oxygens (including phenoxy) is 1. The molecule has 1 fully saturated rings. The quantitative estimate of drug-likeness (QED) is 0.799. The van der Waals surface area contributed by atoms with Gasteiger partial charge in [0.05, 0.1) is 12.4 Å². The Morgan fingerprint density at radius 2 is 1.79 bits per heavy atom. The van der Waals surface area contributed by atoms with E-state index in [9.17, 15) is 8.42 Å². The van der Waals surface area contributed by atoms with Gasteiger partial charge in [-0.25, -0.2) is 8.42 Å². The maximum absolute atomic E-state index is 12.3. The van der Waals surface area contributed by atoms with Crippen LogP contribution in [0.2, 0.25) is 0 Å². The van der Waals surface area contributed by atoms with Gasteiger partial charge in [-0.3, -0.25) is 0 Å². The Morgan fingerprint density at radius 1 is 1.11 bits per heavy atom. The Bertz CT molecular complexity index is 493. The van der Waals surface area contributed by atoms with Gasteiger partial charge in [-0.05, 0) is 17.5 Å². The number of rotatable bonds is 4. The second-order valence-electron chi connectivity index (χ2n) is 4.57. The summed E-state index contributed by atoms with van der Waals surface area (Å²) in [5.74, 6) is 0.478. The molecule has 0 aliphatic carbocycles. The molecule has 0 aromatic heterocycles. The fraction of sp³-hybridized carbons (Fsp3) is 0.538. The molecule has 6 heteroatoms. The van der Waals surface area contributed by atoms with Crippen molar-refractivity contribution in [1.29, 1.82) is 0 Å². The van der Waals surface area contributed by atoms with Gasteiger partial charge in [-0.15, -0.1) is 11.6 Å². The molecule has 1 aliphatic heterocycles. The van der Waals surface area contributed by atoms with Crippen molar-refractivity contribution in [3.63, 3.8) is 0 Å². The fourth-order valence-corrected chi connectivity index (χ4v) is 3.76. The summed E-state index contributed by atoms with van der Waals surface area (Å²) in [7, 11) is -3.26. The predicted octanol–water partition coefficient (Wildman–Crippen LogP) is 1.98. The lowest BCUT2D eigenvalue weighted by Crippen LogP contribution is -2.34. The largest absolute Gasteiger partial charge is 0.380 e. The van der Waals surface area contributed by atoms with Crippen LogP contribution in [0.3, 0.4) is 0 Å². The zero-order chi connectivity index (χ0) is 13.7. The first-order valence-electron chi connectivity index (χ1n) is 6.31. The first-order valence-corrected chi connectivity index (χ1v) is 8.45. The summed E-state index contributed by atoms with van der Waals surface area (Å²) in [4.78, 5) is 0. The molecule has 0 saturated carbocycles. The number of halogens is 1. The topological polar surface area (TPSA) is 46.6 Å². The SMILES string of the molecule is O=S(=O)(Cc1ccc(CCl)cc1)N1CCCOCC1. The monoisotopic (exact) mass is 303 g/mol. The number of hydrogen-bond acceptors (Lipinski definition) is 3. The van der Waals surface area contributed by atoms with Crippen molar-refractivity contribution in [2.75, 3.05) is 26.3 Å². The summed E-state index contributed by atoms with van der Waals surface area (Å²) < 4.78 is 31.4. The Balaban J connectivity index is 2.06.